The first-order chi connectivity index (χ1) is 11.4. The van der Waals surface area contributed by atoms with Crippen molar-refractivity contribution in [1.82, 2.24) is 4.98 Å². The molecule has 3 heteroatoms. The first kappa shape index (κ1) is 14.6. The summed E-state index contributed by atoms with van der Waals surface area (Å²) in [5, 5.41) is 2.22. The summed E-state index contributed by atoms with van der Waals surface area (Å²) < 4.78 is 0. The highest BCUT2D eigenvalue weighted by atomic mass is 14.7. The zero-order valence-corrected chi connectivity index (χ0v) is 14.2. The van der Waals surface area contributed by atoms with Gasteiger partial charge in [-0.1, -0.05) is 12.1 Å². The van der Waals surface area contributed by atoms with Crippen molar-refractivity contribution in [2.75, 3.05) is 11.5 Å². The lowest BCUT2D eigenvalue weighted by molar-refractivity contribution is 1.27. The molecule has 0 amide bonds. The molecule has 0 spiro atoms. The molecule has 120 valence electrons. The minimum absolute atomic E-state index is 0.759. The van der Waals surface area contributed by atoms with Crippen LogP contribution in [0.1, 0.15) is 16.7 Å². The second-order valence-electron chi connectivity index (χ2n) is 6.66. The molecule has 3 aromatic carbocycles. The van der Waals surface area contributed by atoms with Crippen LogP contribution in [0, 0.1) is 20.8 Å². The maximum Gasteiger partial charge on any atom is 0.0546 e. The second kappa shape index (κ2) is 5.03. The molecule has 5 N–H and O–H groups in total. The van der Waals surface area contributed by atoms with Gasteiger partial charge in [0.25, 0.3) is 0 Å². The summed E-state index contributed by atoms with van der Waals surface area (Å²) in [5.74, 6) is 0. The van der Waals surface area contributed by atoms with E-state index >= 15 is 0 Å². The minimum Gasteiger partial charge on any atom is -0.399 e. The molecule has 0 fully saturated rings. The van der Waals surface area contributed by atoms with Gasteiger partial charge in [-0.3, -0.25) is 0 Å². The number of nitrogens with one attached hydrogen (secondary N) is 1. The summed E-state index contributed by atoms with van der Waals surface area (Å²) in [5.41, 5.74) is 22.1. The molecule has 4 rings (SSSR count). The standard InChI is InChI=1S/C21H21N3/c1-11-6-14(7-12(2)13(11)3)17-9-16(23)10-19-18-8-15(22)4-5-20(18)24-21(17)19/h4-10,24H,22-23H2,1-3H3. The van der Waals surface area contributed by atoms with Crippen LogP contribution in [0.2, 0.25) is 0 Å². The van der Waals surface area contributed by atoms with E-state index in [0.717, 1.165) is 38.7 Å². The van der Waals surface area contributed by atoms with Crippen molar-refractivity contribution in [1.29, 1.82) is 0 Å². The van der Waals surface area contributed by atoms with Crippen LogP contribution in [0.4, 0.5) is 11.4 Å². The predicted octanol–water partition coefficient (Wildman–Crippen LogP) is 5.08. The number of nitrogen functional groups attached to an aromatic ring is 2. The predicted molar refractivity (Wildman–Crippen MR) is 104 cm³/mol. The number of hydrogen-bond acceptors (Lipinski definition) is 2. The molecule has 0 saturated heterocycles. The van der Waals surface area contributed by atoms with E-state index in [4.69, 9.17) is 11.5 Å². The normalized spacial score (nSPS) is 11.5. The Hall–Kier alpha value is -2.94. The van der Waals surface area contributed by atoms with Crippen molar-refractivity contribution >= 4 is 33.2 Å². The Morgan fingerprint density at radius 3 is 2.12 bits per heavy atom. The van der Waals surface area contributed by atoms with E-state index < -0.39 is 0 Å². The highest BCUT2D eigenvalue weighted by molar-refractivity contribution is 6.13. The second-order valence-corrected chi connectivity index (χ2v) is 6.66. The summed E-state index contributed by atoms with van der Waals surface area (Å²) in [6.45, 7) is 6.47. The molecule has 0 atom stereocenters. The van der Waals surface area contributed by atoms with Crippen LogP contribution in [0.3, 0.4) is 0 Å². The fourth-order valence-corrected chi connectivity index (χ4v) is 3.46. The molecule has 0 unspecified atom stereocenters. The highest BCUT2D eigenvalue weighted by Crippen LogP contribution is 2.37. The Bertz CT molecular complexity index is 1080. The van der Waals surface area contributed by atoms with Crippen molar-refractivity contribution in [2.45, 2.75) is 20.8 Å². The molecule has 0 aliphatic carbocycles. The first-order valence-electron chi connectivity index (χ1n) is 8.12. The van der Waals surface area contributed by atoms with Crippen LogP contribution in [0.15, 0.2) is 42.5 Å². The van der Waals surface area contributed by atoms with Gasteiger partial charge in [0.05, 0.1) is 5.52 Å². The average molecular weight is 315 g/mol. The highest BCUT2D eigenvalue weighted by Gasteiger charge is 2.13. The summed E-state index contributed by atoms with van der Waals surface area (Å²) in [4.78, 5) is 3.54. The largest absolute Gasteiger partial charge is 0.399 e. The van der Waals surface area contributed by atoms with Gasteiger partial charge in [-0.05, 0) is 73.4 Å². The van der Waals surface area contributed by atoms with E-state index in [2.05, 4.69) is 37.9 Å². The monoisotopic (exact) mass is 315 g/mol. The smallest absolute Gasteiger partial charge is 0.0546 e. The molecule has 24 heavy (non-hydrogen) atoms. The molecule has 0 saturated carbocycles. The Balaban J connectivity index is 2.11. The number of aryl methyl sites for hydroxylation is 2. The van der Waals surface area contributed by atoms with Crippen LogP contribution in [-0.4, -0.2) is 4.98 Å². The van der Waals surface area contributed by atoms with Crippen LogP contribution < -0.4 is 11.5 Å². The van der Waals surface area contributed by atoms with E-state index in [1.165, 1.54) is 22.3 Å². The Morgan fingerprint density at radius 2 is 1.42 bits per heavy atom. The van der Waals surface area contributed by atoms with Gasteiger partial charge in [0.2, 0.25) is 0 Å². The Kier molecular flexibility index (Phi) is 3.07. The molecule has 4 aromatic rings. The van der Waals surface area contributed by atoms with Gasteiger partial charge in [0, 0.05) is 33.2 Å². The van der Waals surface area contributed by atoms with E-state index in [9.17, 15) is 0 Å². The van der Waals surface area contributed by atoms with Gasteiger partial charge >= 0.3 is 0 Å². The number of aromatic nitrogens is 1. The lowest BCUT2D eigenvalue weighted by atomic mass is 9.95. The van der Waals surface area contributed by atoms with Gasteiger partial charge in [-0.2, -0.15) is 0 Å². The van der Waals surface area contributed by atoms with E-state index in [1.807, 2.05) is 30.3 Å². The summed E-state index contributed by atoms with van der Waals surface area (Å²) in [6.07, 6.45) is 0. The maximum atomic E-state index is 6.21. The van der Waals surface area contributed by atoms with E-state index in [-0.39, 0.29) is 0 Å². The van der Waals surface area contributed by atoms with Crippen LogP contribution in [-0.2, 0) is 0 Å². The number of hydrogen-bond donors (Lipinski definition) is 3. The summed E-state index contributed by atoms with van der Waals surface area (Å²) >= 11 is 0. The molecule has 0 aliphatic rings. The number of nitrogens with two attached hydrogens (primary N) is 2. The van der Waals surface area contributed by atoms with Crippen molar-refractivity contribution in [2.24, 2.45) is 0 Å². The molecule has 0 radical (unpaired) electrons. The first-order valence-corrected chi connectivity index (χ1v) is 8.12. The van der Waals surface area contributed by atoms with Gasteiger partial charge < -0.3 is 16.5 Å². The van der Waals surface area contributed by atoms with Crippen LogP contribution in [0.5, 0.6) is 0 Å². The molecular formula is C21H21N3. The van der Waals surface area contributed by atoms with Crippen molar-refractivity contribution < 1.29 is 0 Å². The number of rotatable bonds is 1. The Labute approximate surface area is 141 Å². The lowest BCUT2D eigenvalue weighted by Gasteiger charge is -2.11. The topological polar surface area (TPSA) is 67.8 Å². The summed E-state index contributed by atoms with van der Waals surface area (Å²) in [6, 6.07) is 14.5. The molecular weight excluding hydrogens is 294 g/mol. The quantitative estimate of drug-likeness (QED) is 0.429. The van der Waals surface area contributed by atoms with Crippen molar-refractivity contribution in [3.05, 3.63) is 59.2 Å². The van der Waals surface area contributed by atoms with Crippen molar-refractivity contribution in [3.8, 4) is 11.1 Å². The van der Waals surface area contributed by atoms with Gasteiger partial charge in [0.1, 0.15) is 0 Å². The maximum absolute atomic E-state index is 6.21. The Morgan fingerprint density at radius 1 is 0.750 bits per heavy atom. The lowest BCUT2D eigenvalue weighted by Crippen LogP contribution is -1.91. The number of H-pyrrole nitrogens is 1. The van der Waals surface area contributed by atoms with Gasteiger partial charge in [0.15, 0.2) is 0 Å². The zero-order chi connectivity index (χ0) is 17.0. The third-order valence-corrected chi connectivity index (χ3v) is 4.99. The number of fused-ring (bicyclic) bond motifs is 3. The average Bonchev–Trinajstić information content (AvgIpc) is 2.89. The SMILES string of the molecule is Cc1cc(-c2cc(N)cc3c2[nH]c2ccc(N)cc23)cc(C)c1C. The van der Waals surface area contributed by atoms with E-state index in [1.54, 1.807) is 0 Å². The van der Waals surface area contributed by atoms with Gasteiger partial charge in [-0.15, -0.1) is 0 Å². The summed E-state index contributed by atoms with van der Waals surface area (Å²) in [7, 11) is 0. The molecule has 0 aliphatic heterocycles. The third kappa shape index (κ3) is 2.13. The molecule has 3 nitrogen and oxygen atoms in total. The zero-order valence-electron chi connectivity index (χ0n) is 14.2. The number of anilines is 2. The van der Waals surface area contributed by atoms with E-state index in [0.29, 0.717) is 0 Å². The fourth-order valence-electron chi connectivity index (χ4n) is 3.46. The number of aromatic amines is 1. The molecule has 1 aromatic heterocycles. The molecule has 1 heterocycles. The van der Waals surface area contributed by atoms with Gasteiger partial charge in [-0.25, -0.2) is 0 Å². The van der Waals surface area contributed by atoms with Crippen LogP contribution >= 0.6 is 0 Å². The third-order valence-electron chi connectivity index (χ3n) is 4.99. The van der Waals surface area contributed by atoms with Crippen LogP contribution in [0.25, 0.3) is 32.9 Å². The molecule has 0 bridgehead atoms. The van der Waals surface area contributed by atoms with Crippen molar-refractivity contribution in [3.63, 3.8) is 0 Å². The fraction of sp³-hybridized carbons (Fsp3) is 0.143. The minimum atomic E-state index is 0.759. The number of benzene rings is 3.